The van der Waals surface area contributed by atoms with Crippen LogP contribution in [0.5, 0.6) is 11.5 Å². The molecule has 0 radical (unpaired) electrons. The highest BCUT2D eigenvalue weighted by Crippen LogP contribution is 2.29. The van der Waals surface area contributed by atoms with Crippen LogP contribution in [0.25, 0.3) is 0 Å². The molecule has 2 rings (SSSR count). The lowest BCUT2D eigenvalue weighted by atomic mass is 10.2. The third-order valence-electron chi connectivity index (χ3n) is 2.89. The second kappa shape index (κ2) is 7.20. The second-order valence-electron chi connectivity index (χ2n) is 4.45. The maximum Gasteiger partial charge on any atom is 0.142 e. The van der Waals surface area contributed by atoms with Crippen LogP contribution in [0.15, 0.2) is 46.9 Å². The highest BCUT2D eigenvalue weighted by molar-refractivity contribution is 9.10. The summed E-state index contributed by atoms with van der Waals surface area (Å²) in [7, 11) is 0. The minimum Gasteiger partial charge on any atom is -0.506 e. The Morgan fingerprint density at radius 1 is 1.15 bits per heavy atom. The Bertz CT molecular complexity index is 572. The van der Waals surface area contributed by atoms with Gasteiger partial charge in [0.25, 0.3) is 0 Å². The van der Waals surface area contributed by atoms with E-state index >= 15 is 0 Å². The predicted molar refractivity (Wildman–Crippen MR) is 85.4 cm³/mol. The average Bonchev–Trinajstić information content (AvgIpc) is 2.47. The highest BCUT2D eigenvalue weighted by atomic mass is 79.9. The summed E-state index contributed by atoms with van der Waals surface area (Å²) in [6, 6.07) is 13.4. The summed E-state index contributed by atoms with van der Waals surface area (Å²) in [5, 5.41) is 13.3. The van der Waals surface area contributed by atoms with E-state index in [4.69, 9.17) is 4.74 Å². The SMILES string of the molecule is CCCOc1ccccc1NCc1cccc(Br)c1O. The van der Waals surface area contributed by atoms with Gasteiger partial charge in [0.15, 0.2) is 0 Å². The molecule has 20 heavy (non-hydrogen) atoms. The molecular formula is C16H18BrNO2. The fourth-order valence-corrected chi connectivity index (χ4v) is 2.25. The number of phenolic OH excluding ortho intramolecular Hbond substituents is 1. The van der Waals surface area contributed by atoms with E-state index in [-0.39, 0.29) is 5.75 Å². The van der Waals surface area contributed by atoms with Gasteiger partial charge in [-0.15, -0.1) is 0 Å². The number of ether oxygens (including phenoxy) is 1. The summed E-state index contributed by atoms with van der Waals surface area (Å²) in [5.41, 5.74) is 1.77. The Morgan fingerprint density at radius 2 is 1.95 bits per heavy atom. The van der Waals surface area contributed by atoms with Crippen LogP contribution in [0.2, 0.25) is 0 Å². The van der Waals surface area contributed by atoms with Crippen molar-refractivity contribution < 1.29 is 9.84 Å². The number of halogens is 1. The number of para-hydroxylation sites is 3. The smallest absolute Gasteiger partial charge is 0.142 e. The monoisotopic (exact) mass is 335 g/mol. The number of nitrogens with one attached hydrogen (secondary N) is 1. The fourth-order valence-electron chi connectivity index (χ4n) is 1.84. The molecule has 0 heterocycles. The third-order valence-corrected chi connectivity index (χ3v) is 3.53. The van der Waals surface area contributed by atoms with Gasteiger partial charge in [0.2, 0.25) is 0 Å². The van der Waals surface area contributed by atoms with Crippen molar-refractivity contribution in [1.82, 2.24) is 0 Å². The van der Waals surface area contributed by atoms with Crippen molar-refractivity contribution in [1.29, 1.82) is 0 Å². The Hall–Kier alpha value is -1.68. The number of anilines is 1. The molecule has 106 valence electrons. The van der Waals surface area contributed by atoms with Crippen LogP contribution in [-0.2, 0) is 6.54 Å². The molecule has 2 N–H and O–H groups in total. The lowest BCUT2D eigenvalue weighted by Gasteiger charge is -2.13. The van der Waals surface area contributed by atoms with Gasteiger partial charge >= 0.3 is 0 Å². The summed E-state index contributed by atoms with van der Waals surface area (Å²) in [6.07, 6.45) is 0.973. The van der Waals surface area contributed by atoms with E-state index < -0.39 is 0 Å². The van der Waals surface area contributed by atoms with Crippen molar-refractivity contribution in [3.05, 3.63) is 52.5 Å². The molecule has 0 aliphatic carbocycles. The first kappa shape index (κ1) is 14.7. The van der Waals surface area contributed by atoms with Gasteiger partial charge in [-0.1, -0.05) is 31.2 Å². The molecule has 3 nitrogen and oxygen atoms in total. The van der Waals surface area contributed by atoms with Gasteiger partial charge in [0, 0.05) is 12.1 Å². The Morgan fingerprint density at radius 3 is 2.75 bits per heavy atom. The zero-order chi connectivity index (χ0) is 14.4. The van der Waals surface area contributed by atoms with Gasteiger partial charge in [-0.2, -0.15) is 0 Å². The molecule has 2 aromatic carbocycles. The van der Waals surface area contributed by atoms with Crippen LogP contribution in [0.3, 0.4) is 0 Å². The van der Waals surface area contributed by atoms with Crippen molar-refractivity contribution in [2.24, 2.45) is 0 Å². The molecule has 0 spiro atoms. The second-order valence-corrected chi connectivity index (χ2v) is 5.30. The normalized spacial score (nSPS) is 10.3. The van der Waals surface area contributed by atoms with Gasteiger partial charge in [-0.25, -0.2) is 0 Å². The Kier molecular flexibility index (Phi) is 5.30. The molecule has 0 saturated heterocycles. The molecule has 0 aromatic heterocycles. The summed E-state index contributed by atoms with van der Waals surface area (Å²) in [4.78, 5) is 0. The Labute approximate surface area is 127 Å². The van der Waals surface area contributed by atoms with E-state index in [0.717, 1.165) is 23.4 Å². The molecule has 0 aliphatic heterocycles. The van der Waals surface area contributed by atoms with Crippen LogP contribution in [0, 0.1) is 0 Å². The standard InChI is InChI=1S/C16H18BrNO2/c1-2-10-20-15-9-4-3-8-14(15)18-11-12-6-5-7-13(17)16(12)19/h3-9,18-19H,2,10-11H2,1H3. The van der Waals surface area contributed by atoms with Crippen LogP contribution in [0.4, 0.5) is 5.69 Å². The van der Waals surface area contributed by atoms with E-state index in [1.54, 1.807) is 0 Å². The van der Waals surface area contributed by atoms with Gasteiger partial charge in [0.1, 0.15) is 11.5 Å². The van der Waals surface area contributed by atoms with Gasteiger partial charge in [0.05, 0.1) is 16.8 Å². The minimum atomic E-state index is 0.270. The molecule has 4 heteroatoms. The molecule has 0 fully saturated rings. The van der Waals surface area contributed by atoms with Gasteiger partial charge in [-0.05, 0) is 40.5 Å². The largest absolute Gasteiger partial charge is 0.506 e. The number of hydrogen-bond acceptors (Lipinski definition) is 3. The van der Waals surface area contributed by atoms with Crippen molar-refractivity contribution in [2.75, 3.05) is 11.9 Å². The summed E-state index contributed by atoms with van der Waals surface area (Å²) in [5.74, 6) is 1.11. The molecule has 0 aliphatic rings. The molecule has 0 amide bonds. The highest BCUT2D eigenvalue weighted by Gasteiger charge is 2.06. The summed E-state index contributed by atoms with van der Waals surface area (Å²) < 4.78 is 6.40. The van der Waals surface area contributed by atoms with Crippen molar-refractivity contribution in [2.45, 2.75) is 19.9 Å². The predicted octanol–water partition coefficient (Wildman–Crippen LogP) is 4.56. The first-order valence-electron chi connectivity index (χ1n) is 6.64. The zero-order valence-electron chi connectivity index (χ0n) is 11.4. The maximum absolute atomic E-state index is 9.97. The van der Waals surface area contributed by atoms with Crippen LogP contribution in [0.1, 0.15) is 18.9 Å². The van der Waals surface area contributed by atoms with Gasteiger partial charge < -0.3 is 15.2 Å². The summed E-state index contributed by atoms with van der Waals surface area (Å²) in [6.45, 7) is 3.31. The average molecular weight is 336 g/mol. The van der Waals surface area contributed by atoms with Crippen molar-refractivity contribution in [3.8, 4) is 11.5 Å². The zero-order valence-corrected chi connectivity index (χ0v) is 13.0. The van der Waals surface area contributed by atoms with E-state index in [9.17, 15) is 5.11 Å². The molecule has 0 bridgehead atoms. The third kappa shape index (κ3) is 3.67. The topological polar surface area (TPSA) is 41.5 Å². The fraction of sp³-hybridized carbons (Fsp3) is 0.250. The number of phenols is 1. The number of benzene rings is 2. The quantitative estimate of drug-likeness (QED) is 0.813. The number of aromatic hydroxyl groups is 1. The first-order valence-corrected chi connectivity index (χ1v) is 7.43. The summed E-state index contributed by atoms with van der Waals surface area (Å²) >= 11 is 3.32. The van der Waals surface area contributed by atoms with E-state index in [1.165, 1.54) is 0 Å². The molecular weight excluding hydrogens is 318 g/mol. The van der Waals surface area contributed by atoms with Crippen LogP contribution < -0.4 is 10.1 Å². The van der Waals surface area contributed by atoms with Crippen LogP contribution in [-0.4, -0.2) is 11.7 Å². The molecule has 2 aromatic rings. The maximum atomic E-state index is 9.97. The molecule has 0 atom stereocenters. The van der Waals surface area contributed by atoms with E-state index in [0.29, 0.717) is 17.6 Å². The first-order chi connectivity index (χ1) is 9.72. The lowest BCUT2D eigenvalue weighted by molar-refractivity contribution is 0.319. The Balaban J connectivity index is 2.09. The van der Waals surface area contributed by atoms with E-state index in [1.807, 2.05) is 42.5 Å². The number of rotatable bonds is 6. The van der Waals surface area contributed by atoms with Crippen molar-refractivity contribution in [3.63, 3.8) is 0 Å². The molecule has 0 unspecified atom stereocenters. The van der Waals surface area contributed by atoms with Crippen molar-refractivity contribution >= 4 is 21.6 Å². The van der Waals surface area contributed by atoms with Crippen LogP contribution >= 0.6 is 15.9 Å². The number of hydrogen-bond donors (Lipinski definition) is 2. The van der Waals surface area contributed by atoms with E-state index in [2.05, 4.69) is 28.2 Å². The lowest BCUT2D eigenvalue weighted by Crippen LogP contribution is -2.03. The molecule has 0 saturated carbocycles. The van der Waals surface area contributed by atoms with Gasteiger partial charge in [-0.3, -0.25) is 0 Å². The minimum absolute atomic E-state index is 0.270.